The van der Waals surface area contributed by atoms with Crippen LogP contribution < -0.4 is 0 Å². The van der Waals surface area contributed by atoms with Gasteiger partial charge in [0.05, 0.1) is 17.3 Å². The van der Waals surface area contributed by atoms with E-state index in [4.69, 9.17) is 5.11 Å². The molecule has 0 unspecified atom stereocenters. The number of carboxylic acids is 1. The van der Waals surface area contributed by atoms with E-state index in [-0.39, 0.29) is 35.6 Å². The lowest BCUT2D eigenvalue weighted by Crippen LogP contribution is -2.33. The molecule has 9 nitrogen and oxygen atoms in total. The Labute approximate surface area is 142 Å². The molecule has 1 aromatic carbocycles. The third-order valence-corrected chi connectivity index (χ3v) is 3.81. The number of carbonyl (C=O) groups is 2. The fourth-order valence-electron chi connectivity index (χ4n) is 2.41. The van der Waals surface area contributed by atoms with Gasteiger partial charge < -0.3 is 10.0 Å². The number of hydrogen-bond donors (Lipinski definition) is 1. The van der Waals surface area contributed by atoms with Gasteiger partial charge in [-0.3, -0.25) is 14.9 Å². The summed E-state index contributed by atoms with van der Waals surface area (Å²) >= 11 is 0. The van der Waals surface area contributed by atoms with E-state index >= 15 is 0 Å². The predicted octanol–water partition coefficient (Wildman–Crippen LogP) is 1.89. The van der Waals surface area contributed by atoms with Crippen molar-refractivity contribution < 1.29 is 19.6 Å². The van der Waals surface area contributed by atoms with Crippen LogP contribution in [-0.4, -0.2) is 42.8 Å². The van der Waals surface area contributed by atoms with Crippen molar-refractivity contribution >= 4 is 17.6 Å². The van der Waals surface area contributed by atoms with Gasteiger partial charge in [0.25, 0.3) is 11.6 Å². The quantitative estimate of drug-likeness (QED) is 0.627. The number of benzene rings is 1. The molecule has 1 aromatic heterocycles. The van der Waals surface area contributed by atoms with Crippen LogP contribution in [0.5, 0.6) is 0 Å². The second kappa shape index (κ2) is 6.63. The van der Waals surface area contributed by atoms with E-state index in [1.54, 1.807) is 17.0 Å². The molecule has 1 fully saturated rings. The first-order chi connectivity index (χ1) is 12.0. The highest BCUT2D eigenvalue weighted by Crippen LogP contribution is 2.30. The lowest BCUT2D eigenvalue weighted by Gasteiger charge is -2.22. The SMILES string of the molecule is O=C(O)c1cnc(C(=O)N(Cc2cccc([N+](=O)[O-])c2)C2CC2)cn1. The minimum absolute atomic E-state index is 0.0358. The summed E-state index contributed by atoms with van der Waals surface area (Å²) in [6, 6.07) is 6.16. The van der Waals surface area contributed by atoms with Gasteiger partial charge >= 0.3 is 5.97 Å². The smallest absolute Gasteiger partial charge is 0.356 e. The Balaban J connectivity index is 1.81. The normalized spacial score (nSPS) is 13.3. The van der Waals surface area contributed by atoms with Gasteiger partial charge in [-0.15, -0.1) is 0 Å². The number of nitro benzene ring substituents is 1. The molecular weight excluding hydrogens is 328 g/mol. The van der Waals surface area contributed by atoms with Gasteiger partial charge in [-0.25, -0.2) is 14.8 Å². The van der Waals surface area contributed by atoms with Gasteiger partial charge in [0, 0.05) is 24.7 Å². The first kappa shape index (κ1) is 16.5. The van der Waals surface area contributed by atoms with Crippen molar-refractivity contribution in [2.24, 2.45) is 0 Å². The highest BCUT2D eigenvalue weighted by Gasteiger charge is 2.34. The van der Waals surface area contributed by atoms with Crippen molar-refractivity contribution in [3.63, 3.8) is 0 Å². The first-order valence-corrected chi connectivity index (χ1v) is 7.55. The molecule has 1 aliphatic rings. The third-order valence-electron chi connectivity index (χ3n) is 3.81. The predicted molar refractivity (Wildman–Crippen MR) is 85.0 cm³/mol. The zero-order valence-corrected chi connectivity index (χ0v) is 13.0. The molecule has 0 aliphatic heterocycles. The molecule has 1 aliphatic carbocycles. The molecule has 0 atom stereocenters. The standard InChI is InChI=1S/C16H14N4O5/c21-15(13-7-18-14(8-17-13)16(22)23)19(11-4-5-11)9-10-2-1-3-12(6-10)20(24)25/h1-3,6-8,11H,4-5,9H2,(H,22,23). The highest BCUT2D eigenvalue weighted by atomic mass is 16.6. The van der Waals surface area contributed by atoms with Crippen LogP contribution in [0.2, 0.25) is 0 Å². The summed E-state index contributed by atoms with van der Waals surface area (Å²) in [7, 11) is 0. The summed E-state index contributed by atoms with van der Waals surface area (Å²) in [6.45, 7) is 0.216. The fourth-order valence-corrected chi connectivity index (χ4v) is 2.41. The topological polar surface area (TPSA) is 127 Å². The van der Waals surface area contributed by atoms with Crippen LogP contribution in [-0.2, 0) is 6.54 Å². The van der Waals surface area contributed by atoms with Crippen molar-refractivity contribution in [2.45, 2.75) is 25.4 Å². The molecule has 1 heterocycles. The van der Waals surface area contributed by atoms with Crippen molar-refractivity contribution in [1.82, 2.24) is 14.9 Å². The van der Waals surface area contributed by atoms with Crippen LogP contribution in [0.1, 0.15) is 39.4 Å². The summed E-state index contributed by atoms with van der Waals surface area (Å²) in [6.07, 6.45) is 3.87. The van der Waals surface area contributed by atoms with E-state index in [1.165, 1.54) is 12.1 Å². The van der Waals surface area contributed by atoms with Crippen molar-refractivity contribution in [1.29, 1.82) is 0 Å². The van der Waals surface area contributed by atoms with E-state index in [0.29, 0.717) is 5.56 Å². The lowest BCUT2D eigenvalue weighted by atomic mass is 10.2. The average molecular weight is 342 g/mol. The molecule has 1 N–H and O–H groups in total. The molecule has 128 valence electrons. The van der Waals surface area contributed by atoms with Gasteiger partial charge in [0.1, 0.15) is 5.69 Å². The molecule has 1 saturated carbocycles. The molecule has 0 bridgehead atoms. The number of nitrogens with zero attached hydrogens (tertiary/aromatic N) is 4. The minimum Gasteiger partial charge on any atom is -0.476 e. The molecule has 9 heteroatoms. The first-order valence-electron chi connectivity index (χ1n) is 7.55. The van der Waals surface area contributed by atoms with Crippen molar-refractivity contribution in [3.05, 3.63) is 63.7 Å². The maximum absolute atomic E-state index is 12.7. The summed E-state index contributed by atoms with van der Waals surface area (Å²) in [5.41, 5.74) is 0.409. The molecule has 25 heavy (non-hydrogen) atoms. The number of nitro groups is 1. The molecule has 0 radical (unpaired) electrons. The number of carboxylic acid groups (broad SMARTS) is 1. The maximum Gasteiger partial charge on any atom is 0.356 e. The van der Waals surface area contributed by atoms with Crippen LogP contribution in [0.15, 0.2) is 36.7 Å². The Hall–Kier alpha value is -3.36. The summed E-state index contributed by atoms with van der Waals surface area (Å²) in [4.78, 5) is 43.1. The summed E-state index contributed by atoms with van der Waals surface area (Å²) in [5, 5.41) is 19.7. The van der Waals surface area contributed by atoms with Crippen LogP contribution in [0, 0.1) is 10.1 Å². The number of aromatic nitrogens is 2. The maximum atomic E-state index is 12.7. The summed E-state index contributed by atoms with van der Waals surface area (Å²) in [5.74, 6) is -1.60. The third kappa shape index (κ3) is 3.77. The average Bonchev–Trinajstić information content (AvgIpc) is 3.44. The van der Waals surface area contributed by atoms with Gasteiger partial charge in [0.2, 0.25) is 0 Å². The number of aromatic carboxylic acids is 1. The van der Waals surface area contributed by atoms with E-state index < -0.39 is 10.9 Å². The van der Waals surface area contributed by atoms with Crippen LogP contribution >= 0.6 is 0 Å². The van der Waals surface area contributed by atoms with E-state index in [1.807, 2.05) is 0 Å². The Morgan fingerprint density at radius 1 is 1.24 bits per heavy atom. The van der Waals surface area contributed by atoms with Crippen molar-refractivity contribution in [3.8, 4) is 0 Å². The minimum atomic E-state index is -1.22. The van der Waals surface area contributed by atoms with E-state index in [0.717, 1.165) is 25.2 Å². The van der Waals surface area contributed by atoms with Crippen molar-refractivity contribution in [2.75, 3.05) is 0 Å². The van der Waals surface area contributed by atoms with Gasteiger partial charge in [-0.2, -0.15) is 0 Å². The molecule has 0 spiro atoms. The van der Waals surface area contributed by atoms with Crippen LogP contribution in [0.4, 0.5) is 5.69 Å². The number of hydrogen-bond acceptors (Lipinski definition) is 6. The molecule has 2 aromatic rings. The number of non-ortho nitro benzene ring substituents is 1. The zero-order chi connectivity index (χ0) is 18.0. The number of rotatable bonds is 6. The lowest BCUT2D eigenvalue weighted by molar-refractivity contribution is -0.384. The van der Waals surface area contributed by atoms with Gasteiger partial charge in [-0.05, 0) is 18.4 Å². The molecule has 3 rings (SSSR count). The Bertz CT molecular complexity index is 833. The second-order valence-electron chi connectivity index (χ2n) is 5.68. The second-order valence-corrected chi connectivity index (χ2v) is 5.68. The Morgan fingerprint density at radius 3 is 2.48 bits per heavy atom. The summed E-state index contributed by atoms with van der Waals surface area (Å²) < 4.78 is 0. The monoisotopic (exact) mass is 342 g/mol. The van der Waals surface area contributed by atoms with E-state index in [9.17, 15) is 19.7 Å². The highest BCUT2D eigenvalue weighted by molar-refractivity contribution is 5.93. The fraction of sp³-hybridized carbons (Fsp3) is 0.250. The van der Waals surface area contributed by atoms with Crippen LogP contribution in [0.3, 0.4) is 0 Å². The molecule has 0 saturated heterocycles. The number of amides is 1. The Kier molecular flexibility index (Phi) is 4.38. The van der Waals surface area contributed by atoms with Crippen LogP contribution in [0.25, 0.3) is 0 Å². The zero-order valence-electron chi connectivity index (χ0n) is 13.0. The van der Waals surface area contributed by atoms with Gasteiger partial charge in [0.15, 0.2) is 5.69 Å². The molecular formula is C16H14N4O5. The largest absolute Gasteiger partial charge is 0.476 e. The van der Waals surface area contributed by atoms with E-state index in [2.05, 4.69) is 9.97 Å². The van der Waals surface area contributed by atoms with Gasteiger partial charge in [-0.1, -0.05) is 12.1 Å². The molecule has 1 amide bonds. The Morgan fingerprint density at radius 2 is 1.92 bits per heavy atom. The number of carbonyl (C=O) groups excluding carboxylic acids is 1.